The van der Waals surface area contributed by atoms with Gasteiger partial charge in [-0.3, -0.25) is 14.6 Å². The molecule has 0 atom stereocenters. The second-order valence-electron chi connectivity index (χ2n) is 13.0. The molecule has 3 N–H and O–H groups in total. The number of nitrogens with one attached hydrogen (secondary N) is 1. The van der Waals surface area contributed by atoms with Crippen molar-refractivity contribution in [2.24, 2.45) is 15.9 Å². The van der Waals surface area contributed by atoms with Crippen LogP contribution in [-0.4, -0.2) is 99.1 Å². The number of amides is 2. The summed E-state index contributed by atoms with van der Waals surface area (Å²) in [6.45, 7) is 3.28. The number of hydrogen-bond donors (Lipinski definition) is 2. The fourth-order valence-corrected chi connectivity index (χ4v) is 7.27. The minimum atomic E-state index is -0.475. The summed E-state index contributed by atoms with van der Waals surface area (Å²) in [7, 11) is 3.27. The molecule has 7 rings (SSSR count). The topological polar surface area (TPSA) is 129 Å². The van der Waals surface area contributed by atoms with E-state index in [2.05, 4.69) is 38.2 Å². The zero-order valence-corrected chi connectivity index (χ0v) is 29.8. The highest BCUT2D eigenvalue weighted by molar-refractivity contribution is 6.15. The average Bonchev–Trinajstić information content (AvgIpc) is 3.66. The number of nitrogens with zero attached hydrogens (tertiary/aromatic N) is 5. The number of halogens is 1. The molecule has 11 nitrogen and oxygen atoms in total. The van der Waals surface area contributed by atoms with Gasteiger partial charge in [-0.15, -0.1) is 0 Å². The van der Waals surface area contributed by atoms with Crippen LogP contribution in [0.4, 0.5) is 10.1 Å². The van der Waals surface area contributed by atoms with Gasteiger partial charge >= 0.3 is 0 Å². The standard InChI is InChI=1S/C41H42FN7O4/c1-52-36-12-6-5-11-30(36)32-24-31(29-10-7-17-49(26-29)38(50)13-14-44-15-16-45-43)39(42)40-33(32)25-34(46-40)41(51)48-20-18-47(19-21-48)35-22-27-8-3-4-9-28(27)23-37(35)53-2/h3-6,8-12,15-16,22-25,46H,7,13-14,17-21,26,43H2,1-2H3/b44-15?,45-16-. The third-order valence-electron chi connectivity index (χ3n) is 10.00. The van der Waals surface area contributed by atoms with E-state index in [0.29, 0.717) is 73.7 Å². The minimum Gasteiger partial charge on any atom is -0.496 e. The molecule has 0 unspecified atom stereocenters. The first-order valence-corrected chi connectivity index (χ1v) is 17.7. The molecule has 1 aromatic heterocycles. The number of methoxy groups -OCH3 is 2. The maximum atomic E-state index is 16.7. The molecule has 3 heterocycles. The van der Waals surface area contributed by atoms with Gasteiger partial charge in [-0.1, -0.05) is 48.5 Å². The lowest BCUT2D eigenvalue weighted by atomic mass is 9.93. The van der Waals surface area contributed by atoms with E-state index in [9.17, 15) is 9.59 Å². The first kappa shape index (κ1) is 35.2. The maximum absolute atomic E-state index is 16.7. The second-order valence-corrected chi connectivity index (χ2v) is 13.0. The van der Waals surface area contributed by atoms with Gasteiger partial charge in [-0.2, -0.15) is 5.10 Å². The van der Waals surface area contributed by atoms with Gasteiger partial charge < -0.3 is 35.0 Å². The van der Waals surface area contributed by atoms with E-state index in [4.69, 9.17) is 15.3 Å². The Labute approximate surface area is 307 Å². The number of ether oxygens (including phenoxy) is 2. The fourth-order valence-electron chi connectivity index (χ4n) is 7.27. The molecule has 0 radical (unpaired) electrons. The van der Waals surface area contributed by atoms with Crippen LogP contribution < -0.4 is 20.2 Å². The molecule has 0 spiro atoms. The Bertz CT molecular complexity index is 2250. The van der Waals surface area contributed by atoms with Crippen LogP contribution in [-0.2, 0) is 4.79 Å². The number of benzene rings is 4. The molecule has 5 aromatic rings. The zero-order valence-electron chi connectivity index (χ0n) is 29.8. The number of aliphatic imine (C=N–C) groups is 1. The highest BCUT2D eigenvalue weighted by Gasteiger charge is 2.28. The van der Waals surface area contributed by atoms with Gasteiger partial charge in [-0.25, -0.2) is 4.39 Å². The SMILES string of the molecule is COc1ccccc1-c1cc(C2=CCCN(C(=O)CCN=C/C=N\N)C2)c(F)c2[nH]c(C(=O)N3CCN(c4cc5ccccc5cc4OC)CC3)cc12. The van der Waals surface area contributed by atoms with Crippen molar-refractivity contribution in [2.75, 3.05) is 64.9 Å². The molecule has 2 amide bonds. The Hall–Kier alpha value is -6.17. The zero-order chi connectivity index (χ0) is 36.9. The molecular formula is C41H42FN7O4. The van der Waals surface area contributed by atoms with Gasteiger partial charge in [-0.05, 0) is 58.7 Å². The Morgan fingerprint density at radius 3 is 2.34 bits per heavy atom. The van der Waals surface area contributed by atoms with E-state index in [1.807, 2.05) is 54.6 Å². The normalized spacial score (nSPS) is 15.2. The number of hydrogen-bond acceptors (Lipinski definition) is 8. The lowest BCUT2D eigenvalue weighted by Gasteiger charge is -2.36. The van der Waals surface area contributed by atoms with E-state index in [0.717, 1.165) is 33.3 Å². The number of para-hydroxylation sites is 1. The molecule has 2 aliphatic rings. The molecule has 53 heavy (non-hydrogen) atoms. The summed E-state index contributed by atoms with van der Waals surface area (Å²) in [5.41, 5.74) is 4.07. The fraction of sp³-hybridized carbons (Fsp3) is 0.268. The average molecular weight is 716 g/mol. The number of carbonyl (C=O) groups is 2. The number of hydrazone groups is 1. The summed E-state index contributed by atoms with van der Waals surface area (Å²) in [6, 6.07) is 23.5. The number of piperazine rings is 1. The summed E-state index contributed by atoms with van der Waals surface area (Å²) < 4.78 is 28.2. The smallest absolute Gasteiger partial charge is 0.270 e. The summed E-state index contributed by atoms with van der Waals surface area (Å²) >= 11 is 0. The molecule has 1 fully saturated rings. The largest absolute Gasteiger partial charge is 0.496 e. The highest BCUT2D eigenvalue weighted by atomic mass is 19.1. The van der Waals surface area contributed by atoms with Crippen molar-refractivity contribution in [1.82, 2.24) is 14.8 Å². The Balaban J connectivity index is 1.17. The van der Waals surface area contributed by atoms with Crippen molar-refractivity contribution in [3.63, 3.8) is 0 Å². The lowest BCUT2D eigenvalue weighted by molar-refractivity contribution is -0.130. The summed E-state index contributed by atoms with van der Waals surface area (Å²) in [5, 5.41) is 6.16. The van der Waals surface area contributed by atoms with Crippen LogP contribution in [0.5, 0.6) is 11.5 Å². The third kappa shape index (κ3) is 7.17. The molecule has 0 saturated carbocycles. The van der Waals surface area contributed by atoms with Crippen molar-refractivity contribution in [1.29, 1.82) is 0 Å². The highest BCUT2D eigenvalue weighted by Crippen LogP contribution is 2.40. The van der Waals surface area contributed by atoms with Crippen LogP contribution in [0.1, 0.15) is 28.9 Å². The molecule has 1 saturated heterocycles. The van der Waals surface area contributed by atoms with E-state index in [1.165, 1.54) is 12.4 Å². The first-order valence-electron chi connectivity index (χ1n) is 17.7. The molecule has 12 heteroatoms. The number of H-pyrrole nitrogens is 1. The number of carbonyl (C=O) groups excluding carboxylic acids is 2. The number of aromatic amines is 1. The van der Waals surface area contributed by atoms with Gasteiger partial charge in [0, 0.05) is 75.0 Å². The van der Waals surface area contributed by atoms with Crippen LogP contribution in [0.2, 0.25) is 0 Å². The Morgan fingerprint density at radius 1 is 0.849 bits per heavy atom. The van der Waals surface area contributed by atoms with Crippen molar-refractivity contribution >= 4 is 57.2 Å². The van der Waals surface area contributed by atoms with Gasteiger partial charge in [0.1, 0.15) is 17.2 Å². The van der Waals surface area contributed by atoms with Crippen LogP contribution >= 0.6 is 0 Å². The number of fused-ring (bicyclic) bond motifs is 2. The molecule has 4 aromatic carbocycles. The van der Waals surface area contributed by atoms with E-state index < -0.39 is 5.82 Å². The number of aromatic nitrogens is 1. The van der Waals surface area contributed by atoms with E-state index in [-0.39, 0.29) is 30.3 Å². The van der Waals surface area contributed by atoms with E-state index in [1.54, 1.807) is 30.1 Å². The number of nitrogens with two attached hydrogens (primary N) is 1. The predicted molar refractivity (Wildman–Crippen MR) is 209 cm³/mol. The minimum absolute atomic E-state index is 0.0733. The van der Waals surface area contributed by atoms with Gasteiger partial charge in [0.2, 0.25) is 5.91 Å². The first-order chi connectivity index (χ1) is 25.9. The summed E-state index contributed by atoms with van der Waals surface area (Å²) in [6.07, 6.45) is 5.58. The van der Waals surface area contributed by atoms with E-state index >= 15 is 4.39 Å². The van der Waals surface area contributed by atoms with Crippen LogP contribution in [0.25, 0.3) is 38.4 Å². The molecule has 272 valence electrons. The quantitative estimate of drug-likeness (QED) is 0.102. The molecule has 0 bridgehead atoms. The molecule has 2 aliphatic heterocycles. The maximum Gasteiger partial charge on any atom is 0.270 e. The van der Waals surface area contributed by atoms with Gasteiger partial charge in [0.25, 0.3) is 5.91 Å². The Morgan fingerprint density at radius 2 is 1.58 bits per heavy atom. The Kier molecular flexibility index (Phi) is 10.4. The number of rotatable bonds is 10. The third-order valence-corrected chi connectivity index (χ3v) is 10.00. The molecule has 0 aliphatic carbocycles. The predicted octanol–water partition coefficient (Wildman–Crippen LogP) is 6.13. The van der Waals surface area contributed by atoms with Crippen molar-refractivity contribution in [2.45, 2.75) is 12.8 Å². The van der Waals surface area contributed by atoms with Gasteiger partial charge in [0.05, 0.1) is 31.6 Å². The van der Waals surface area contributed by atoms with Crippen LogP contribution in [0.15, 0.2) is 89.0 Å². The van der Waals surface area contributed by atoms with Crippen molar-refractivity contribution in [3.8, 4) is 22.6 Å². The molecular weight excluding hydrogens is 673 g/mol. The summed E-state index contributed by atoms with van der Waals surface area (Å²) in [5.74, 6) is 5.76. The monoisotopic (exact) mass is 715 g/mol. The van der Waals surface area contributed by atoms with Crippen LogP contribution in [0, 0.1) is 5.82 Å². The second kappa shape index (κ2) is 15.6. The number of anilines is 1. The lowest BCUT2D eigenvalue weighted by Crippen LogP contribution is -2.49. The van der Waals surface area contributed by atoms with Crippen molar-refractivity contribution in [3.05, 3.63) is 95.9 Å². The van der Waals surface area contributed by atoms with Crippen molar-refractivity contribution < 1.29 is 23.5 Å². The van der Waals surface area contributed by atoms with Gasteiger partial charge in [0.15, 0.2) is 5.82 Å². The summed E-state index contributed by atoms with van der Waals surface area (Å²) in [4.78, 5) is 40.2. The van der Waals surface area contributed by atoms with Crippen LogP contribution in [0.3, 0.4) is 0 Å².